The number of aromatic nitrogens is 1. The lowest BCUT2D eigenvalue weighted by molar-refractivity contribution is 0.156. The fourth-order valence-corrected chi connectivity index (χ4v) is 5.69. The van der Waals surface area contributed by atoms with Crippen molar-refractivity contribution in [2.75, 3.05) is 19.6 Å². The van der Waals surface area contributed by atoms with Crippen LogP contribution in [-0.4, -0.2) is 44.1 Å². The molecule has 5 rings (SSSR count). The molecular formula is C25H26FN3O3S. The highest BCUT2D eigenvalue weighted by atomic mass is 32.2. The molecule has 2 N–H and O–H groups in total. The number of alkyl halides is 1. The van der Waals surface area contributed by atoms with E-state index in [4.69, 9.17) is 9.56 Å². The third-order valence-electron chi connectivity index (χ3n) is 6.54. The van der Waals surface area contributed by atoms with Gasteiger partial charge in [0.15, 0.2) is 0 Å². The van der Waals surface area contributed by atoms with E-state index in [1.54, 1.807) is 24.6 Å². The summed E-state index contributed by atoms with van der Waals surface area (Å²) in [6, 6.07) is 14.5. The smallest absolute Gasteiger partial charge is 0.238 e. The highest BCUT2D eigenvalue weighted by Crippen LogP contribution is 2.33. The molecule has 2 aromatic carbocycles. The second-order valence-corrected chi connectivity index (χ2v) is 10.3. The van der Waals surface area contributed by atoms with Crippen LogP contribution in [0.2, 0.25) is 0 Å². The number of rotatable bonds is 6. The molecule has 3 heterocycles. The summed E-state index contributed by atoms with van der Waals surface area (Å²) in [6.45, 7) is 1.92. The summed E-state index contributed by atoms with van der Waals surface area (Å²) in [5.41, 5.74) is 2.58. The molecule has 0 spiro atoms. The second-order valence-electron chi connectivity index (χ2n) is 8.73. The number of pyridine rings is 1. The van der Waals surface area contributed by atoms with Gasteiger partial charge in [-0.05, 0) is 44.1 Å². The maximum absolute atomic E-state index is 14.9. The zero-order valence-electron chi connectivity index (χ0n) is 18.2. The Labute approximate surface area is 192 Å². The molecule has 1 aliphatic heterocycles. The standard InChI is InChI=1S/C25H26FN3O3S/c26-19(14-18-16-32-23-6-2-1-4-20(18)23)15-29-12-9-17(10-13-29)25-22-5-3-7-24(33(27,30)31)21(22)8-11-28-25/h1-8,11,16-17,19H,9-10,12-15H2,(H2,27,30,31). The summed E-state index contributed by atoms with van der Waals surface area (Å²) in [5.74, 6) is 0.191. The van der Waals surface area contributed by atoms with Crippen molar-refractivity contribution in [1.29, 1.82) is 0 Å². The maximum Gasteiger partial charge on any atom is 0.238 e. The molecule has 33 heavy (non-hydrogen) atoms. The van der Waals surface area contributed by atoms with Gasteiger partial charge >= 0.3 is 0 Å². The number of fused-ring (bicyclic) bond motifs is 2. The van der Waals surface area contributed by atoms with Crippen LogP contribution in [0.15, 0.2) is 70.3 Å². The van der Waals surface area contributed by atoms with Gasteiger partial charge in [0.2, 0.25) is 10.0 Å². The Hall–Kier alpha value is -2.81. The summed E-state index contributed by atoms with van der Waals surface area (Å²) in [5, 5.41) is 7.79. The fourth-order valence-electron chi connectivity index (χ4n) is 4.94. The topological polar surface area (TPSA) is 89.4 Å². The number of primary sulfonamides is 1. The highest BCUT2D eigenvalue weighted by Gasteiger charge is 2.26. The predicted octanol–water partition coefficient (Wildman–Crippen LogP) is 4.39. The van der Waals surface area contributed by atoms with E-state index < -0.39 is 16.2 Å². The molecule has 1 atom stereocenters. The second kappa shape index (κ2) is 8.85. The molecule has 0 radical (unpaired) electrons. The summed E-state index contributed by atoms with van der Waals surface area (Å²) in [6.07, 6.45) is 4.34. The summed E-state index contributed by atoms with van der Waals surface area (Å²) in [4.78, 5) is 6.86. The van der Waals surface area contributed by atoms with E-state index >= 15 is 0 Å². The molecule has 4 aromatic rings. The van der Waals surface area contributed by atoms with E-state index in [-0.39, 0.29) is 10.8 Å². The van der Waals surface area contributed by atoms with Gasteiger partial charge in [0.05, 0.1) is 16.9 Å². The number of furan rings is 1. The number of nitrogens with zero attached hydrogens (tertiary/aromatic N) is 2. The van der Waals surface area contributed by atoms with Crippen LogP contribution >= 0.6 is 0 Å². The first kappa shape index (κ1) is 22.0. The number of sulfonamides is 1. The van der Waals surface area contributed by atoms with Gasteiger partial charge in [0.1, 0.15) is 11.8 Å². The first-order chi connectivity index (χ1) is 15.9. The minimum absolute atomic E-state index is 0.119. The SMILES string of the molecule is NS(=O)(=O)c1cccc2c(C3CCN(CC(F)Cc4coc5ccccc45)CC3)nccc12. The van der Waals surface area contributed by atoms with Crippen molar-refractivity contribution in [2.24, 2.45) is 5.14 Å². The Morgan fingerprint density at radius 3 is 2.61 bits per heavy atom. The largest absolute Gasteiger partial charge is 0.464 e. The van der Waals surface area contributed by atoms with Crippen LogP contribution in [0, 0.1) is 0 Å². The monoisotopic (exact) mass is 467 g/mol. The lowest BCUT2D eigenvalue weighted by Gasteiger charge is -2.32. The van der Waals surface area contributed by atoms with Crippen molar-refractivity contribution >= 4 is 31.8 Å². The number of nitrogens with two attached hydrogens (primary N) is 1. The molecule has 0 saturated carbocycles. The van der Waals surface area contributed by atoms with E-state index in [9.17, 15) is 12.8 Å². The van der Waals surface area contributed by atoms with Gasteiger partial charge in [0, 0.05) is 46.8 Å². The number of benzene rings is 2. The Balaban J connectivity index is 1.25. The molecule has 172 valence electrons. The minimum Gasteiger partial charge on any atom is -0.464 e. The maximum atomic E-state index is 14.9. The van der Waals surface area contributed by atoms with Crippen molar-refractivity contribution in [2.45, 2.75) is 36.2 Å². The van der Waals surface area contributed by atoms with Crippen molar-refractivity contribution in [3.63, 3.8) is 0 Å². The molecule has 0 aliphatic carbocycles. The number of para-hydroxylation sites is 1. The number of hydrogen-bond acceptors (Lipinski definition) is 5. The van der Waals surface area contributed by atoms with Gasteiger partial charge < -0.3 is 9.32 Å². The van der Waals surface area contributed by atoms with Crippen LogP contribution in [0.3, 0.4) is 0 Å². The van der Waals surface area contributed by atoms with Crippen molar-refractivity contribution < 1.29 is 17.2 Å². The molecule has 8 heteroatoms. The van der Waals surface area contributed by atoms with Gasteiger partial charge in [-0.2, -0.15) is 0 Å². The van der Waals surface area contributed by atoms with Gasteiger partial charge in [-0.15, -0.1) is 0 Å². The van der Waals surface area contributed by atoms with E-state index in [1.807, 2.05) is 30.3 Å². The molecule has 6 nitrogen and oxygen atoms in total. The van der Waals surface area contributed by atoms with Crippen molar-refractivity contribution in [1.82, 2.24) is 9.88 Å². The lowest BCUT2D eigenvalue weighted by Crippen LogP contribution is -2.38. The fraction of sp³-hybridized carbons (Fsp3) is 0.320. The van der Waals surface area contributed by atoms with Crippen LogP contribution in [0.5, 0.6) is 0 Å². The molecule has 1 aliphatic rings. The highest BCUT2D eigenvalue weighted by molar-refractivity contribution is 7.89. The van der Waals surface area contributed by atoms with Crippen LogP contribution in [0.4, 0.5) is 4.39 Å². The van der Waals surface area contributed by atoms with Gasteiger partial charge in [-0.25, -0.2) is 17.9 Å². The first-order valence-corrected chi connectivity index (χ1v) is 12.7. The molecule has 1 saturated heterocycles. The Kier molecular flexibility index (Phi) is 5.90. The molecule has 0 amide bonds. The third kappa shape index (κ3) is 4.51. The average Bonchev–Trinajstić information content (AvgIpc) is 3.21. The zero-order chi connectivity index (χ0) is 23.0. The predicted molar refractivity (Wildman–Crippen MR) is 126 cm³/mol. The average molecular weight is 468 g/mol. The summed E-state index contributed by atoms with van der Waals surface area (Å²) < 4.78 is 44.4. The molecule has 1 unspecified atom stereocenters. The van der Waals surface area contributed by atoms with Crippen LogP contribution in [-0.2, 0) is 16.4 Å². The Morgan fingerprint density at radius 2 is 1.82 bits per heavy atom. The normalized spacial score (nSPS) is 17.0. The van der Waals surface area contributed by atoms with Crippen molar-refractivity contribution in [3.8, 4) is 0 Å². The molecule has 0 bridgehead atoms. The molecule has 2 aromatic heterocycles. The van der Waals surface area contributed by atoms with Crippen LogP contribution in [0.25, 0.3) is 21.7 Å². The van der Waals surface area contributed by atoms with E-state index in [1.165, 1.54) is 6.07 Å². The summed E-state index contributed by atoms with van der Waals surface area (Å²) >= 11 is 0. The quantitative estimate of drug-likeness (QED) is 0.454. The lowest BCUT2D eigenvalue weighted by atomic mass is 9.90. The van der Waals surface area contributed by atoms with Gasteiger partial charge in [0.25, 0.3) is 0 Å². The minimum atomic E-state index is -3.82. The number of piperidine rings is 1. The van der Waals surface area contributed by atoms with Crippen molar-refractivity contribution in [3.05, 3.63) is 72.2 Å². The van der Waals surface area contributed by atoms with Crippen LogP contribution < -0.4 is 5.14 Å². The summed E-state index contributed by atoms with van der Waals surface area (Å²) in [7, 11) is -3.82. The third-order valence-corrected chi connectivity index (χ3v) is 7.51. The number of likely N-dealkylation sites (tertiary alicyclic amines) is 1. The molecule has 1 fully saturated rings. The number of hydrogen-bond donors (Lipinski definition) is 1. The number of halogens is 1. The van der Waals surface area contributed by atoms with E-state index in [0.29, 0.717) is 18.4 Å². The molecular weight excluding hydrogens is 441 g/mol. The Morgan fingerprint density at radius 1 is 1.06 bits per heavy atom. The van der Waals surface area contributed by atoms with E-state index in [0.717, 1.165) is 53.5 Å². The van der Waals surface area contributed by atoms with Gasteiger partial charge in [-0.1, -0.05) is 30.3 Å². The van der Waals surface area contributed by atoms with Crippen LogP contribution in [0.1, 0.15) is 30.0 Å². The van der Waals surface area contributed by atoms with E-state index in [2.05, 4.69) is 9.88 Å². The first-order valence-electron chi connectivity index (χ1n) is 11.1. The van der Waals surface area contributed by atoms with Gasteiger partial charge in [-0.3, -0.25) is 4.98 Å². The zero-order valence-corrected chi connectivity index (χ0v) is 19.0. The Bertz CT molecular complexity index is 1390.